The molecule has 1 heterocycles. The fraction of sp³-hybridized carbons (Fsp3) is 0.421. The second-order valence-electron chi connectivity index (χ2n) is 5.96. The number of nitrogens with one attached hydrogen (secondary N) is 1. The summed E-state index contributed by atoms with van der Waals surface area (Å²) < 4.78 is 0. The maximum Gasteiger partial charge on any atom is 0.256 e. The van der Waals surface area contributed by atoms with Crippen molar-refractivity contribution in [2.45, 2.75) is 40.0 Å². The van der Waals surface area contributed by atoms with E-state index >= 15 is 0 Å². The molecule has 0 fully saturated rings. The molecule has 5 heteroatoms. The number of hydrogen-bond acceptors (Lipinski definition) is 4. The Balaban J connectivity index is 2.12. The van der Waals surface area contributed by atoms with E-state index in [1.165, 1.54) is 5.56 Å². The number of benzene rings is 1. The second kappa shape index (κ2) is 8.43. The molecule has 0 spiro atoms. The quantitative estimate of drug-likeness (QED) is 0.836. The number of rotatable bonds is 7. The van der Waals surface area contributed by atoms with Crippen LogP contribution in [0.5, 0.6) is 0 Å². The molecule has 0 saturated heterocycles. The molecular weight excluding hydrogens is 300 g/mol. The predicted octanol–water partition coefficient (Wildman–Crippen LogP) is 3.96. The van der Waals surface area contributed by atoms with Gasteiger partial charge in [0, 0.05) is 31.7 Å². The third kappa shape index (κ3) is 4.31. The number of carbonyl (C=O) groups excluding carboxylic acids is 1. The van der Waals surface area contributed by atoms with E-state index < -0.39 is 0 Å². The lowest BCUT2D eigenvalue weighted by atomic mass is 10.1. The van der Waals surface area contributed by atoms with Crippen molar-refractivity contribution in [2.75, 3.05) is 18.9 Å². The molecule has 1 amide bonds. The summed E-state index contributed by atoms with van der Waals surface area (Å²) in [6, 6.07) is 6.20. The summed E-state index contributed by atoms with van der Waals surface area (Å²) in [5.41, 5.74) is 3.93. The third-order valence-electron chi connectivity index (χ3n) is 4.07. The summed E-state index contributed by atoms with van der Waals surface area (Å²) in [7, 11) is 1.81. The molecule has 0 saturated carbocycles. The average molecular weight is 326 g/mol. The van der Waals surface area contributed by atoms with E-state index in [1.54, 1.807) is 17.3 Å². The third-order valence-corrected chi connectivity index (χ3v) is 4.07. The first kappa shape index (κ1) is 17.9. The number of carbonyl (C=O) groups is 1. The van der Waals surface area contributed by atoms with Gasteiger partial charge in [0.25, 0.3) is 5.91 Å². The topological polar surface area (TPSA) is 58.1 Å². The van der Waals surface area contributed by atoms with Gasteiger partial charge in [0.15, 0.2) is 0 Å². The van der Waals surface area contributed by atoms with Crippen LogP contribution in [0.3, 0.4) is 0 Å². The van der Waals surface area contributed by atoms with Crippen LogP contribution in [0, 0.1) is 6.92 Å². The maximum atomic E-state index is 12.3. The van der Waals surface area contributed by atoms with E-state index in [0.717, 1.165) is 37.1 Å². The van der Waals surface area contributed by atoms with Crippen LogP contribution in [-0.4, -0.2) is 34.4 Å². The molecule has 0 aliphatic rings. The van der Waals surface area contributed by atoms with Crippen LogP contribution in [0.25, 0.3) is 0 Å². The summed E-state index contributed by atoms with van der Waals surface area (Å²) in [5, 5.41) is 3.27. The van der Waals surface area contributed by atoms with Crippen molar-refractivity contribution in [2.24, 2.45) is 0 Å². The van der Waals surface area contributed by atoms with Crippen molar-refractivity contribution in [3.8, 4) is 0 Å². The lowest BCUT2D eigenvalue weighted by Crippen LogP contribution is -2.27. The van der Waals surface area contributed by atoms with Crippen molar-refractivity contribution < 1.29 is 4.79 Å². The van der Waals surface area contributed by atoms with Crippen molar-refractivity contribution in [1.82, 2.24) is 14.9 Å². The number of amides is 1. The van der Waals surface area contributed by atoms with Gasteiger partial charge in [0.1, 0.15) is 0 Å². The molecule has 0 aliphatic heterocycles. The van der Waals surface area contributed by atoms with Gasteiger partial charge in [-0.25, -0.2) is 9.97 Å². The molecule has 0 aliphatic carbocycles. The fourth-order valence-corrected chi connectivity index (χ4v) is 2.53. The summed E-state index contributed by atoms with van der Waals surface area (Å²) >= 11 is 0. The molecule has 5 nitrogen and oxygen atoms in total. The molecule has 2 rings (SSSR count). The first-order valence-corrected chi connectivity index (χ1v) is 8.49. The Morgan fingerprint density at radius 3 is 2.54 bits per heavy atom. The largest absolute Gasteiger partial charge is 0.342 e. The van der Waals surface area contributed by atoms with Gasteiger partial charge in [-0.1, -0.05) is 38.5 Å². The van der Waals surface area contributed by atoms with Crippen LogP contribution in [-0.2, 0) is 6.42 Å². The highest BCUT2D eigenvalue weighted by molar-refractivity contribution is 5.93. The molecule has 0 unspecified atom stereocenters. The van der Waals surface area contributed by atoms with Crippen molar-refractivity contribution in [1.29, 1.82) is 0 Å². The van der Waals surface area contributed by atoms with Gasteiger partial charge in [-0.05, 0) is 30.9 Å². The summed E-state index contributed by atoms with van der Waals surface area (Å²) in [6.07, 6.45) is 6.17. The number of hydrogen-bond donors (Lipinski definition) is 1. The SMILES string of the molecule is CCCCN(C)C(=O)c1cnc(Nc2c(C)cccc2CC)nc1. The Labute approximate surface area is 144 Å². The molecule has 128 valence electrons. The zero-order chi connectivity index (χ0) is 17.5. The van der Waals surface area contributed by atoms with Gasteiger partial charge in [0.05, 0.1) is 5.56 Å². The van der Waals surface area contributed by atoms with Crippen LogP contribution in [0.15, 0.2) is 30.6 Å². The minimum atomic E-state index is -0.0415. The van der Waals surface area contributed by atoms with Crippen LogP contribution in [0.2, 0.25) is 0 Å². The lowest BCUT2D eigenvalue weighted by molar-refractivity contribution is 0.0792. The minimum Gasteiger partial charge on any atom is -0.342 e. The number of para-hydroxylation sites is 1. The number of unbranched alkanes of at least 4 members (excludes halogenated alkanes) is 1. The van der Waals surface area contributed by atoms with E-state index in [9.17, 15) is 4.79 Å². The summed E-state index contributed by atoms with van der Waals surface area (Å²) in [5.74, 6) is 0.465. The molecule has 0 radical (unpaired) electrons. The molecule has 24 heavy (non-hydrogen) atoms. The molecular formula is C19H26N4O. The number of aryl methyl sites for hydroxylation is 2. The normalized spacial score (nSPS) is 10.5. The molecule has 1 aromatic carbocycles. The van der Waals surface area contributed by atoms with Gasteiger partial charge in [-0.15, -0.1) is 0 Å². The zero-order valence-corrected chi connectivity index (χ0v) is 15.0. The molecule has 2 aromatic rings. The van der Waals surface area contributed by atoms with Crippen LogP contribution >= 0.6 is 0 Å². The van der Waals surface area contributed by atoms with Crippen molar-refractivity contribution in [3.63, 3.8) is 0 Å². The Morgan fingerprint density at radius 2 is 1.92 bits per heavy atom. The van der Waals surface area contributed by atoms with E-state index in [2.05, 4.69) is 48.2 Å². The highest BCUT2D eigenvalue weighted by Gasteiger charge is 2.13. The standard InChI is InChI=1S/C19H26N4O/c1-5-7-11-23(4)18(24)16-12-20-19(21-13-16)22-17-14(3)9-8-10-15(17)6-2/h8-10,12-13H,5-7,11H2,1-4H3,(H,20,21,22). The predicted molar refractivity (Wildman–Crippen MR) is 97.7 cm³/mol. The fourth-order valence-electron chi connectivity index (χ4n) is 2.53. The van der Waals surface area contributed by atoms with Gasteiger partial charge >= 0.3 is 0 Å². The first-order chi connectivity index (χ1) is 11.6. The zero-order valence-electron chi connectivity index (χ0n) is 15.0. The van der Waals surface area contributed by atoms with Crippen LogP contribution < -0.4 is 5.32 Å². The number of aromatic nitrogens is 2. The average Bonchev–Trinajstić information content (AvgIpc) is 2.61. The molecule has 1 N–H and O–H groups in total. The van der Waals surface area contributed by atoms with Gasteiger partial charge in [-0.2, -0.15) is 0 Å². The van der Waals surface area contributed by atoms with Crippen molar-refractivity contribution >= 4 is 17.5 Å². The number of anilines is 2. The van der Waals surface area contributed by atoms with Gasteiger partial charge in [0.2, 0.25) is 5.95 Å². The van der Waals surface area contributed by atoms with E-state index in [1.807, 2.05) is 13.1 Å². The maximum absolute atomic E-state index is 12.3. The molecule has 1 aromatic heterocycles. The summed E-state index contributed by atoms with van der Waals surface area (Å²) in [4.78, 5) is 22.6. The molecule has 0 atom stereocenters. The highest BCUT2D eigenvalue weighted by Crippen LogP contribution is 2.23. The number of nitrogens with zero attached hydrogens (tertiary/aromatic N) is 3. The van der Waals surface area contributed by atoms with Gasteiger partial charge in [-0.3, -0.25) is 4.79 Å². The first-order valence-electron chi connectivity index (χ1n) is 8.49. The van der Waals surface area contributed by atoms with E-state index in [0.29, 0.717) is 11.5 Å². The second-order valence-corrected chi connectivity index (χ2v) is 5.96. The van der Waals surface area contributed by atoms with Gasteiger partial charge < -0.3 is 10.2 Å². The Kier molecular flexibility index (Phi) is 6.29. The Bertz CT molecular complexity index is 682. The summed E-state index contributed by atoms with van der Waals surface area (Å²) in [6.45, 7) is 7.03. The smallest absolute Gasteiger partial charge is 0.256 e. The molecule has 0 bridgehead atoms. The van der Waals surface area contributed by atoms with E-state index in [4.69, 9.17) is 0 Å². The Morgan fingerprint density at radius 1 is 1.21 bits per heavy atom. The van der Waals surface area contributed by atoms with Crippen LogP contribution in [0.1, 0.15) is 48.2 Å². The monoisotopic (exact) mass is 326 g/mol. The van der Waals surface area contributed by atoms with Crippen molar-refractivity contribution in [3.05, 3.63) is 47.3 Å². The van der Waals surface area contributed by atoms with E-state index in [-0.39, 0.29) is 5.91 Å². The highest BCUT2D eigenvalue weighted by atomic mass is 16.2. The lowest BCUT2D eigenvalue weighted by Gasteiger charge is -2.16. The Hall–Kier alpha value is -2.43. The minimum absolute atomic E-state index is 0.0415. The van der Waals surface area contributed by atoms with Crippen LogP contribution in [0.4, 0.5) is 11.6 Å².